The number of ether oxygens (including phenoxy) is 3. The van der Waals surface area contributed by atoms with Gasteiger partial charge in [0, 0.05) is 11.6 Å². The van der Waals surface area contributed by atoms with E-state index in [1.54, 1.807) is 0 Å². The summed E-state index contributed by atoms with van der Waals surface area (Å²) in [6.07, 6.45) is 1.08. The monoisotopic (exact) mass is 431 g/mol. The second-order valence-electron chi connectivity index (χ2n) is 8.50. The summed E-state index contributed by atoms with van der Waals surface area (Å²) in [6, 6.07) is 24.5. The molecule has 0 amide bonds. The molecule has 0 bridgehead atoms. The normalized spacial score (nSPS) is 20.3. The van der Waals surface area contributed by atoms with Gasteiger partial charge >= 0.3 is 0 Å². The fraction of sp³-hybridized carbons (Fsp3) is 0.333. The van der Waals surface area contributed by atoms with Gasteiger partial charge in [-0.15, -0.1) is 0 Å². The van der Waals surface area contributed by atoms with Crippen molar-refractivity contribution in [1.29, 1.82) is 0 Å². The molecule has 3 aromatic rings. The van der Waals surface area contributed by atoms with Crippen LogP contribution in [-0.2, 0) is 24.4 Å². The Labute approximate surface area is 189 Å². The van der Waals surface area contributed by atoms with Crippen molar-refractivity contribution in [3.63, 3.8) is 0 Å². The zero-order valence-corrected chi connectivity index (χ0v) is 18.1. The van der Waals surface area contributed by atoms with E-state index in [4.69, 9.17) is 14.2 Å². The van der Waals surface area contributed by atoms with Crippen molar-refractivity contribution in [2.24, 2.45) is 0 Å². The van der Waals surface area contributed by atoms with Crippen LogP contribution in [0.3, 0.4) is 0 Å². The number of nitrogens with one attached hydrogen (secondary N) is 1. The molecule has 0 radical (unpaired) electrons. The zero-order valence-electron chi connectivity index (χ0n) is 18.1. The van der Waals surface area contributed by atoms with Crippen LogP contribution < -0.4 is 14.8 Å². The predicted octanol–water partition coefficient (Wildman–Crippen LogP) is 4.18. The molecule has 2 atom stereocenters. The Morgan fingerprint density at radius 2 is 1.50 bits per heavy atom. The predicted molar refractivity (Wildman–Crippen MR) is 123 cm³/mol. The van der Waals surface area contributed by atoms with Crippen LogP contribution in [0.1, 0.15) is 34.8 Å². The fourth-order valence-electron chi connectivity index (χ4n) is 4.38. The fourth-order valence-corrected chi connectivity index (χ4v) is 4.38. The molecule has 1 aliphatic heterocycles. The molecule has 166 valence electrons. The topological polar surface area (TPSA) is 60.0 Å². The molecule has 3 aromatic carbocycles. The molecule has 2 N–H and O–H groups in total. The van der Waals surface area contributed by atoms with Crippen molar-refractivity contribution >= 4 is 0 Å². The van der Waals surface area contributed by atoms with E-state index in [-0.39, 0.29) is 6.04 Å². The van der Waals surface area contributed by atoms with Crippen LogP contribution in [0.5, 0.6) is 11.5 Å². The maximum Gasteiger partial charge on any atom is 0.165 e. The second kappa shape index (κ2) is 9.74. The summed E-state index contributed by atoms with van der Waals surface area (Å²) in [5.41, 5.74) is 4.16. The van der Waals surface area contributed by atoms with Gasteiger partial charge in [-0.25, -0.2) is 0 Å². The highest BCUT2D eigenvalue weighted by Crippen LogP contribution is 2.42. The first-order valence-corrected chi connectivity index (χ1v) is 11.3. The Bertz CT molecular complexity index is 1020. The van der Waals surface area contributed by atoms with Gasteiger partial charge in [-0.3, -0.25) is 0 Å². The molecular formula is C27H29NO4. The maximum absolute atomic E-state index is 11.1. The number of aliphatic hydroxyl groups excluding tert-OH is 1. The van der Waals surface area contributed by atoms with Gasteiger partial charge in [0.15, 0.2) is 11.5 Å². The summed E-state index contributed by atoms with van der Waals surface area (Å²) < 4.78 is 17.8. The van der Waals surface area contributed by atoms with Crippen molar-refractivity contribution in [3.05, 3.63) is 95.1 Å². The van der Waals surface area contributed by atoms with Gasteiger partial charge in [0.25, 0.3) is 0 Å². The standard InChI is InChI=1S/C27H29NO4/c29-26-22-12-14-25(31-15-19-7-3-1-4-8-19)27(32-16-20-9-5-2-6-10-20)23(22)11-13-24(26)28-21-17-30-18-21/h1-10,12,14,21,24,26,28-29H,11,13,15-18H2/t24-,26-/m1/s1. The Kier molecular flexibility index (Phi) is 6.39. The summed E-state index contributed by atoms with van der Waals surface area (Å²) in [7, 11) is 0. The highest BCUT2D eigenvalue weighted by molar-refractivity contribution is 5.53. The van der Waals surface area contributed by atoms with E-state index < -0.39 is 6.10 Å². The number of aliphatic hydroxyl groups is 1. The third-order valence-electron chi connectivity index (χ3n) is 6.22. The molecule has 5 rings (SSSR count). The third-order valence-corrected chi connectivity index (χ3v) is 6.22. The number of fused-ring (bicyclic) bond motifs is 1. The highest BCUT2D eigenvalue weighted by Gasteiger charge is 2.34. The van der Waals surface area contributed by atoms with E-state index in [0.29, 0.717) is 32.5 Å². The van der Waals surface area contributed by atoms with Gasteiger partial charge in [-0.05, 0) is 35.6 Å². The lowest BCUT2D eigenvalue weighted by Crippen LogP contribution is -2.53. The summed E-state index contributed by atoms with van der Waals surface area (Å²) in [4.78, 5) is 0. The van der Waals surface area contributed by atoms with Gasteiger partial charge in [-0.2, -0.15) is 0 Å². The van der Waals surface area contributed by atoms with Crippen LogP contribution in [0.15, 0.2) is 72.8 Å². The van der Waals surface area contributed by atoms with Crippen molar-refractivity contribution in [2.45, 2.75) is 44.2 Å². The van der Waals surface area contributed by atoms with E-state index in [9.17, 15) is 5.11 Å². The first-order valence-electron chi connectivity index (χ1n) is 11.3. The van der Waals surface area contributed by atoms with Gasteiger partial charge in [0.05, 0.1) is 25.4 Å². The molecule has 0 aromatic heterocycles. The highest BCUT2D eigenvalue weighted by atomic mass is 16.5. The van der Waals surface area contributed by atoms with E-state index in [2.05, 4.69) is 17.4 Å². The van der Waals surface area contributed by atoms with E-state index in [0.717, 1.165) is 46.6 Å². The molecule has 1 saturated heterocycles. The van der Waals surface area contributed by atoms with E-state index in [1.807, 2.05) is 60.7 Å². The molecule has 1 aliphatic carbocycles. The summed E-state index contributed by atoms with van der Waals surface area (Å²) in [6.45, 7) is 2.35. The number of rotatable bonds is 8. The first kappa shape index (κ1) is 21.0. The first-order chi connectivity index (χ1) is 15.8. The molecule has 1 fully saturated rings. The van der Waals surface area contributed by atoms with Crippen LogP contribution in [0.4, 0.5) is 0 Å². The Balaban J connectivity index is 1.40. The average Bonchev–Trinajstić information content (AvgIpc) is 2.81. The molecule has 0 unspecified atom stereocenters. The SMILES string of the molecule is O[C@@H]1c2ccc(OCc3ccccc3)c(OCc3ccccc3)c2CC[C@H]1NC1COC1. The maximum atomic E-state index is 11.1. The van der Waals surface area contributed by atoms with E-state index in [1.165, 1.54) is 0 Å². The Morgan fingerprint density at radius 1 is 0.844 bits per heavy atom. The minimum absolute atomic E-state index is 0.0226. The lowest BCUT2D eigenvalue weighted by atomic mass is 9.84. The molecule has 2 aliphatic rings. The van der Waals surface area contributed by atoms with Gasteiger partial charge < -0.3 is 24.6 Å². The molecule has 0 spiro atoms. The van der Waals surface area contributed by atoms with Gasteiger partial charge in [0.2, 0.25) is 0 Å². The molecular weight excluding hydrogens is 402 g/mol. The molecule has 1 heterocycles. The Morgan fingerprint density at radius 3 is 2.12 bits per heavy atom. The number of benzene rings is 3. The summed E-state index contributed by atoms with van der Waals surface area (Å²) in [5, 5.41) is 14.6. The molecule has 5 heteroatoms. The smallest absolute Gasteiger partial charge is 0.165 e. The lowest BCUT2D eigenvalue weighted by Gasteiger charge is -2.37. The Hall–Kier alpha value is -2.86. The quantitative estimate of drug-likeness (QED) is 0.560. The van der Waals surface area contributed by atoms with Gasteiger partial charge in [-0.1, -0.05) is 66.7 Å². The lowest BCUT2D eigenvalue weighted by molar-refractivity contribution is -0.0219. The third kappa shape index (κ3) is 4.65. The average molecular weight is 432 g/mol. The zero-order chi connectivity index (χ0) is 21.8. The van der Waals surface area contributed by atoms with Crippen LogP contribution >= 0.6 is 0 Å². The van der Waals surface area contributed by atoms with Crippen LogP contribution in [0, 0.1) is 0 Å². The minimum atomic E-state index is -0.582. The van der Waals surface area contributed by atoms with Gasteiger partial charge in [0.1, 0.15) is 13.2 Å². The summed E-state index contributed by atoms with van der Waals surface area (Å²) in [5.74, 6) is 1.46. The van der Waals surface area contributed by atoms with Crippen LogP contribution in [0.25, 0.3) is 0 Å². The second-order valence-corrected chi connectivity index (χ2v) is 8.50. The van der Waals surface area contributed by atoms with Crippen molar-refractivity contribution in [1.82, 2.24) is 5.32 Å². The molecule has 32 heavy (non-hydrogen) atoms. The van der Waals surface area contributed by atoms with Crippen molar-refractivity contribution < 1.29 is 19.3 Å². The largest absolute Gasteiger partial charge is 0.485 e. The minimum Gasteiger partial charge on any atom is -0.485 e. The van der Waals surface area contributed by atoms with Crippen LogP contribution in [0.2, 0.25) is 0 Å². The van der Waals surface area contributed by atoms with Crippen molar-refractivity contribution in [2.75, 3.05) is 13.2 Å². The van der Waals surface area contributed by atoms with Crippen molar-refractivity contribution in [3.8, 4) is 11.5 Å². The number of hydrogen-bond acceptors (Lipinski definition) is 5. The van der Waals surface area contributed by atoms with Crippen LogP contribution in [-0.4, -0.2) is 30.4 Å². The van der Waals surface area contributed by atoms with E-state index >= 15 is 0 Å². The molecule has 5 nitrogen and oxygen atoms in total. The number of hydrogen-bond donors (Lipinski definition) is 2. The summed E-state index contributed by atoms with van der Waals surface area (Å²) >= 11 is 0. The molecule has 0 saturated carbocycles.